The summed E-state index contributed by atoms with van der Waals surface area (Å²) in [6, 6.07) is 6.23. The van der Waals surface area contributed by atoms with E-state index in [0.717, 1.165) is 0 Å². The third-order valence-electron chi connectivity index (χ3n) is 6.33. The van der Waals surface area contributed by atoms with Crippen LogP contribution in [0.3, 0.4) is 0 Å². The van der Waals surface area contributed by atoms with E-state index in [1.165, 1.54) is 0 Å². The van der Waals surface area contributed by atoms with Crippen LogP contribution in [0.4, 0.5) is 4.79 Å². The highest BCUT2D eigenvalue weighted by Crippen LogP contribution is 2.35. The monoisotopic (exact) mass is 490 g/mol. The highest BCUT2D eigenvalue weighted by Gasteiger charge is 2.39. The number of hydrogen-bond acceptors (Lipinski definition) is 5. The van der Waals surface area contributed by atoms with Gasteiger partial charge in [0.05, 0.1) is 18.2 Å². The van der Waals surface area contributed by atoms with Crippen LogP contribution in [0.15, 0.2) is 35.5 Å². The van der Waals surface area contributed by atoms with E-state index in [2.05, 4.69) is 10.2 Å². The summed E-state index contributed by atoms with van der Waals surface area (Å²) in [5.74, 6) is -0.381. The predicted octanol–water partition coefficient (Wildman–Crippen LogP) is 3.43. The molecule has 0 unspecified atom stereocenters. The normalized spacial score (nSPS) is 21.7. The number of carbonyl (C=O) groups is 3. The van der Waals surface area contributed by atoms with Gasteiger partial charge in [0.15, 0.2) is 0 Å². The number of nitrogens with one attached hydrogen (secondary N) is 1. The Balaban J connectivity index is 1.99. The molecular weight excluding hydrogens is 456 g/mol. The fourth-order valence-electron chi connectivity index (χ4n) is 4.65. The van der Waals surface area contributed by atoms with Crippen LogP contribution >= 0.6 is 11.6 Å². The molecule has 34 heavy (non-hydrogen) atoms. The first-order valence-corrected chi connectivity index (χ1v) is 12.3. The van der Waals surface area contributed by atoms with Gasteiger partial charge in [-0.2, -0.15) is 0 Å². The maximum absolute atomic E-state index is 13.2. The van der Waals surface area contributed by atoms with Crippen molar-refractivity contribution in [2.24, 2.45) is 5.92 Å². The Morgan fingerprint density at radius 1 is 1.21 bits per heavy atom. The van der Waals surface area contributed by atoms with E-state index >= 15 is 0 Å². The van der Waals surface area contributed by atoms with Gasteiger partial charge in [-0.25, -0.2) is 9.59 Å². The van der Waals surface area contributed by atoms with E-state index in [1.807, 2.05) is 50.8 Å². The molecule has 2 aliphatic rings. The molecule has 0 saturated carbocycles. The minimum atomic E-state index is -0.709. The van der Waals surface area contributed by atoms with Gasteiger partial charge in [-0.1, -0.05) is 43.6 Å². The van der Waals surface area contributed by atoms with Gasteiger partial charge in [0.25, 0.3) is 0 Å². The number of urea groups is 1. The minimum absolute atomic E-state index is 0.0298. The first-order valence-electron chi connectivity index (χ1n) is 11.9. The Labute approximate surface area is 206 Å². The number of amides is 3. The van der Waals surface area contributed by atoms with Crippen LogP contribution in [0.2, 0.25) is 5.02 Å². The third-order valence-corrected chi connectivity index (χ3v) is 6.67. The van der Waals surface area contributed by atoms with E-state index in [0.29, 0.717) is 54.6 Å². The van der Waals surface area contributed by atoms with Crippen molar-refractivity contribution in [2.45, 2.75) is 46.7 Å². The number of rotatable bonds is 7. The van der Waals surface area contributed by atoms with Crippen LogP contribution in [0, 0.1) is 5.92 Å². The molecule has 9 heteroatoms. The lowest BCUT2D eigenvalue weighted by molar-refractivity contribution is -0.139. The van der Waals surface area contributed by atoms with Crippen LogP contribution in [-0.4, -0.2) is 78.0 Å². The van der Waals surface area contributed by atoms with Crippen LogP contribution in [0.1, 0.15) is 46.2 Å². The molecule has 1 N–H and O–H groups in total. The molecule has 186 valence electrons. The lowest BCUT2D eigenvalue weighted by Crippen LogP contribution is -2.57. The highest BCUT2D eigenvalue weighted by molar-refractivity contribution is 6.31. The molecule has 3 rings (SSSR count). The van der Waals surface area contributed by atoms with Crippen LogP contribution in [0.5, 0.6) is 0 Å². The van der Waals surface area contributed by atoms with Crippen molar-refractivity contribution in [3.8, 4) is 0 Å². The summed E-state index contributed by atoms with van der Waals surface area (Å²) in [6.07, 6.45) is 0. The number of esters is 1. The number of piperazine rings is 1. The number of likely N-dealkylation sites (N-methyl/N-ethyl adjacent to an activating group) is 1. The number of halogens is 1. The van der Waals surface area contributed by atoms with Crippen molar-refractivity contribution in [2.75, 3.05) is 39.3 Å². The van der Waals surface area contributed by atoms with Crippen LogP contribution < -0.4 is 5.32 Å². The highest BCUT2D eigenvalue weighted by atomic mass is 35.5. The van der Waals surface area contributed by atoms with Gasteiger partial charge < -0.3 is 15.0 Å². The summed E-state index contributed by atoms with van der Waals surface area (Å²) in [5, 5.41) is 3.41. The molecule has 1 saturated heterocycles. The largest absolute Gasteiger partial charge is 0.463 e. The first kappa shape index (κ1) is 26.0. The second kappa shape index (κ2) is 11.2. The van der Waals surface area contributed by atoms with Gasteiger partial charge in [-0.05, 0) is 32.4 Å². The van der Waals surface area contributed by atoms with Gasteiger partial charge in [0.1, 0.15) is 0 Å². The Kier molecular flexibility index (Phi) is 8.60. The summed E-state index contributed by atoms with van der Waals surface area (Å²) in [6.45, 7) is 12.4. The zero-order valence-corrected chi connectivity index (χ0v) is 21.4. The zero-order valence-electron chi connectivity index (χ0n) is 20.6. The fourth-order valence-corrected chi connectivity index (χ4v) is 4.89. The summed E-state index contributed by atoms with van der Waals surface area (Å²) < 4.78 is 5.43. The van der Waals surface area contributed by atoms with Gasteiger partial charge in [-0.15, -0.1) is 0 Å². The van der Waals surface area contributed by atoms with Gasteiger partial charge >= 0.3 is 12.0 Å². The number of hydrogen-bond donors (Lipinski definition) is 1. The van der Waals surface area contributed by atoms with Gasteiger partial charge in [0, 0.05) is 55.4 Å². The molecule has 0 bridgehead atoms. The average Bonchev–Trinajstić information content (AvgIpc) is 2.79. The third kappa shape index (κ3) is 5.39. The second-order valence-corrected chi connectivity index (χ2v) is 9.41. The van der Waals surface area contributed by atoms with Crippen LogP contribution in [0.25, 0.3) is 0 Å². The molecule has 2 heterocycles. The maximum atomic E-state index is 13.2. The van der Waals surface area contributed by atoms with Crippen molar-refractivity contribution >= 4 is 29.5 Å². The smallest absolute Gasteiger partial charge is 0.338 e. The zero-order chi connectivity index (χ0) is 25.0. The van der Waals surface area contributed by atoms with Crippen molar-refractivity contribution in [3.05, 3.63) is 46.1 Å². The molecule has 2 aliphatic heterocycles. The summed E-state index contributed by atoms with van der Waals surface area (Å²) >= 11 is 6.47. The SMILES string of the molecule is CCOC(=O)C1=C(CN2CCN(C(=O)C(C)C)[C@@H](C)C2)N(CC)C(=O)N[C@H]1c1ccccc1Cl. The Bertz CT molecular complexity index is 964. The molecule has 0 aliphatic carbocycles. The number of nitrogens with zero attached hydrogens (tertiary/aromatic N) is 3. The van der Waals surface area contributed by atoms with E-state index in [9.17, 15) is 14.4 Å². The number of ether oxygens (including phenoxy) is 1. The average molecular weight is 491 g/mol. The standard InChI is InChI=1S/C25H35ClN4O4/c1-6-29-20(15-28-12-13-30(17(5)14-28)23(31)16(3)4)21(24(32)34-7-2)22(27-25(29)33)18-10-8-9-11-19(18)26/h8-11,16-17,22H,6-7,12-15H2,1-5H3,(H,27,33)/t17-,22-/m0/s1. The van der Waals surface area contributed by atoms with E-state index in [1.54, 1.807) is 17.9 Å². The number of benzene rings is 1. The number of carbonyl (C=O) groups excluding carboxylic acids is 3. The lowest BCUT2D eigenvalue weighted by Gasteiger charge is -2.43. The van der Waals surface area contributed by atoms with Crippen molar-refractivity contribution in [1.29, 1.82) is 0 Å². The lowest BCUT2D eigenvalue weighted by atomic mass is 9.94. The van der Waals surface area contributed by atoms with Gasteiger partial charge in [-0.3, -0.25) is 14.6 Å². The van der Waals surface area contributed by atoms with E-state index in [-0.39, 0.29) is 30.5 Å². The van der Waals surface area contributed by atoms with Crippen molar-refractivity contribution in [1.82, 2.24) is 20.0 Å². The topological polar surface area (TPSA) is 82.2 Å². The van der Waals surface area contributed by atoms with Crippen LogP contribution in [-0.2, 0) is 14.3 Å². The Morgan fingerprint density at radius 3 is 2.50 bits per heavy atom. The molecule has 0 spiro atoms. The van der Waals surface area contributed by atoms with Crippen molar-refractivity contribution < 1.29 is 19.1 Å². The fraction of sp³-hybridized carbons (Fsp3) is 0.560. The molecule has 1 fully saturated rings. The molecule has 3 amide bonds. The summed E-state index contributed by atoms with van der Waals surface area (Å²) in [4.78, 5) is 44.6. The molecule has 1 aromatic rings. The minimum Gasteiger partial charge on any atom is -0.463 e. The molecule has 0 aromatic heterocycles. The maximum Gasteiger partial charge on any atom is 0.338 e. The predicted molar refractivity (Wildman–Crippen MR) is 131 cm³/mol. The van der Waals surface area contributed by atoms with Crippen molar-refractivity contribution in [3.63, 3.8) is 0 Å². The summed E-state index contributed by atoms with van der Waals surface area (Å²) in [7, 11) is 0. The Hall–Kier alpha value is -2.58. The van der Waals surface area contributed by atoms with E-state index < -0.39 is 12.0 Å². The second-order valence-electron chi connectivity index (χ2n) is 9.00. The molecular formula is C25H35ClN4O4. The van der Waals surface area contributed by atoms with Gasteiger partial charge in [0.2, 0.25) is 5.91 Å². The molecule has 8 nitrogen and oxygen atoms in total. The molecule has 0 radical (unpaired) electrons. The van der Waals surface area contributed by atoms with E-state index in [4.69, 9.17) is 16.3 Å². The quantitative estimate of drug-likeness (QED) is 0.592. The summed E-state index contributed by atoms with van der Waals surface area (Å²) in [5.41, 5.74) is 1.66. The Morgan fingerprint density at radius 2 is 1.91 bits per heavy atom. The molecule has 1 aromatic carbocycles. The molecule has 2 atom stereocenters. The first-order chi connectivity index (χ1) is 16.2.